The molecule has 2 nitrogen and oxygen atoms in total. The fourth-order valence-corrected chi connectivity index (χ4v) is 1.93. The van der Waals surface area contributed by atoms with Gasteiger partial charge in [-0.05, 0) is 29.7 Å². The van der Waals surface area contributed by atoms with Gasteiger partial charge >= 0.3 is 5.97 Å². The predicted octanol–water partition coefficient (Wildman–Crippen LogP) is 4.00. The summed E-state index contributed by atoms with van der Waals surface area (Å²) in [5, 5.41) is 0. The lowest BCUT2D eigenvalue weighted by atomic mass is 10.0. The lowest BCUT2D eigenvalue weighted by molar-refractivity contribution is 0.0472. The van der Waals surface area contributed by atoms with E-state index in [1.165, 1.54) is 0 Å². The average Bonchev–Trinajstić information content (AvgIpc) is 2.45. The fourth-order valence-electron chi connectivity index (χ4n) is 1.93. The first-order valence-corrected chi connectivity index (χ1v) is 6.15. The van der Waals surface area contributed by atoms with Crippen LogP contribution in [0.3, 0.4) is 0 Å². The van der Waals surface area contributed by atoms with Crippen LogP contribution >= 0.6 is 0 Å². The molecule has 0 aromatic heterocycles. The number of esters is 1. The standard InChI is InChI=1S/C17H16O2/c1-3-15-13(2)8-7-11-16(15)17(18)19-12-14-9-5-4-6-10-14/h3-11H,1,12H2,2H3. The third kappa shape index (κ3) is 3.10. The summed E-state index contributed by atoms with van der Waals surface area (Å²) in [6, 6.07) is 15.2. The summed E-state index contributed by atoms with van der Waals surface area (Å²) in [5.41, 5.74) is 3.39. The van der Waals surface area contributed by atoms with Crippen molar-refractivity contribution in [2.75, 3.05) is 0 Å². The van der Waals surface area contributed by atoms with Gasteiger partial charge in [-0.25, -0.2) is 4.79 Å². The summed E-state index contributed by atoms with van der Waals surface area (Å²) in [5.74, 6) is -0.317. The van der Waals surface area contributed by atoms with Gasteiger partial charge in [-0.2, -0.15) is 0 Å². The summed E-state index contributed by atoms with van der Waals surface area (Å²) < 4.78 is 5.32. The Morgan fingerprint density at radius 1 is 1.16 bits per heavy atom. The molecule has 0 aliphatic rings. The highest BCUT2D eigenvalue weighted by Crippen LogP contribution is 2.17. The van der Waals surface area contributed by atoms with E-state index in [1.807, 2.05) is 49.4 Å². The number of ether oxygens (including phenoxy) is 1. The molecule has 0 radical (unpaired) electrons. The van der Waals surface area contributed by atoms with Gasteiger partial charge in [0.05, 0.1) is 5.56 Å². The molecule has 0 saturated carbocycles. The minimum atomic E-state index is -0.317. The second kappa shape index (κ2) is 6.01. The number of benzene rings is 2. The van der Waals surface area contributed by atoms with E-state index in [1.54, 1.807) is 12.1 Å². The minimum Gasteiger partial charge on any atom is -0.457 e. The third-order valence-electron chi connectivity index (χ3n) is 2.96. The molecule has 19 heavy (non-hydrogen) atoms. The van der Waals surface area contributed by atoms with Crippen molar-refractivity contribution in [2.24, 2.45) is 0 Å². The molecule has 2 aromatic rings. The molecule has 0 aliphatic carbocycles. The predicted molar refractivity (Wildman–Crippen MR) is 76.8 cm³/mol. The van der Waals surface area contributed by atoms with Crippen LogP contribution in [-0.2, 0) is 11.3 Å². The van der Waals surface area contributed by atoms with Crippen molar-refractivity contribution in [3.63, 3.8) is 0 Å². The van der Waals surface area contributed by atoms with Crippen LogP contribution in [0.15, 0.2) is 55.1 Å². The van der Waals surface area contributed by atoms with Crippen LogP contribution in [0.4, 0.5) is 0 Å². The molecule has 2 aromatic carbocycles. The van der Waals surface area contributed by atoms with Crippen LogP contribution in [0.2, 0.25) is 0 Å². The molecule has 0 aliphatic heterocycles. The van der Waals surface area contributed by atoms with Gasteiger partial charge in [0.1, 0.15) is 6.61 Å². The Bertz CT molecular complexity index is 585. The number of rotatable bonds is 4. The average molecular weight is 252 g/mol. The maximum Gasteiger partial charge on any atom is 0.339 e. The highest BCUT2D eigenvalue weighted by atomic mass is 16.5. The summed E-state index contributed by atoms with van der Waals surface area (Å²) in [6.07, 6.45) is 1.69. The van der Waals surface area contributed by atoms with E-state index in [4.69, 9.17) is 4.74 Å². The zero-order chi connectivity index (χ0) is 13.7. The number of carbonyl (C=O) groups excluding carboxylic acids is 1. The van der Waals surface area contributed by atoms with E-state index in [2.05, 4.69) is 6.58 Å². The van der Waals surface area contributed by atoms with Crippen LogP contribution in [0.5, 0.6) is 0 Å². The van der Waals surface area contributed by atoms with Gasteiger partial charge in [-0.15, -0.1) is 0 Å². The number of aryl methyl sites for hydroxylation is 1. The van der Waals surface area contributed by atoms with E-state index >= 15 is 0 Å². The Morgan fingerprint density at radius 3 is 2.58 bits per heavy atom. The smallest absolute Gasteiger partial charge is 0.339 e. The maximum atomic E-state index is 12.1. The van der Waals surface area contributed by atoms with Crippen molar-refractivity contribution in [1.82, 2.24) is 0 Å². The van der Waals surface area contributed by atoms with Gasteiger partial charge in [0.2, 0.25) is 0 Å². The van der Waals surface area contributed by atoms with E-state index in [0.29, 0.717) is 5.56 Å². The first-order valence-electron chi connectivity index (χ1n) is 6.15. The monoisotopic (exact) mass is 252 g/mol. The van der Waals surface area contributed by atoms with Crippen molar-refractivity contribution in [3.05, 3.63) is 77.4 Å². The third-order valence-corrected chi connectivity index (χ3v) is 2.96. The molecule has 0 bridgehead atoms. The highest BCUT2D eigenvalue weighted by Gasteiger charge is 2.12. The van der Waals surface area contributed by atoms with Crippen LogP contribution in [-0.4, -0.2) is 5.97 Å². The number of hydrogen-bond donors (Lipinski definition) is 0. The van der Waals surface area contributed by atoms with Crippen molar-refractivity contribution in [2.45, 2.75) is 13.5 Å². The SMILES string of the molecule is C=Cc1c(C)cccc1C(=O)OCc1ccccc1. The molecule has 0 atom stereocenters. The van der Waals surface area contributed by atoms with Crippen LogP contribution in [0.1, 0.15) is 27.0 Å². The molecule has 0 spiro atoms. The first kappa shape index (κ1) is 13.1. The van der Waals surface area contributed by atoms with E-state index < -0.39 is 0 Å². The zero-order valence-electron chi connectivity index (χ0n) is 10.9. The van der Waals surface area contributed by atoms with E-state index in [9.17, 15) is 4.79 Å². The maximum absolute atomic E-state index is 12.1. The van der Waals surface area contributed by atoms with Gasteiger partial charge in [0.25, 0.3) is 0 Å². The normalized spacial score (nSPS) is 9.95. The van der Waals surface area contributed by atoms with Gasteiger partial charge in [-0.1, -0.05) is 55.1 Å². The summed E-state index contributed by atoms with van der Waals surface area (Å²) in [6.45, 7) is 5.98. The van der Waals surface area contributed by atoms with Gasteiger partial charge in [-0.3, -0.25) is 0 Å². The van der Waals surface area contributed by atoms with E-state index in [0.717, 1.165) is 16.7 Å². The Kier molecular flexibility index (Phi) is 4.14. The number of carbonyl (C=O) groups is 1. The molecule has 0 N–H and O–H groups in total. The fraction of sp³-hybridized carbons (Fsp3) is 0.118. The number of hydrogen-bond acceptors (Lipinski definition) is 2. The molecule has 2 rings (SSSR count). The minimum absolute atomic E-state index is 0.282. The van der Waals surface area contributed by atoms with E-state index in [-0.39, 0.29) is 12.6 Å². The van der Waals surface area contributed by atoms with Crippen LogP contribution in [0, 0.1) is 6.92 Å². The zero-order valence-corrected chi connectivity index (χ0v) is 10.9. The van der Waals surface area contributed by atoms with Gasteiger partial charge in [0.15, 0.2) is 0 Å². The topological polar surface area (TPSA) is 26.3 Å². The van der Waals surface area contributed by atoms with Gasteiger partial charge in [0, 0.05) is 0 Å². The highest BCUT2D eigenvalue weighted by molar-refractivity contribution is 5.94. The molecular formula is C17H16O2. The summed E-state index contributed by atoms with van der Waals surface area (Å²) in [4.78, 5) is 12.1. The van der Waals surface area contributed by atoms with Crippen molar-refractivity contribution in [1.29, 1.82) is 0 Å². The molecule has 0 amide bonds. The summed E-state index contributed by atoms with van der Waals surface area (Å²) >= 11 is 0. The molecule has 2 heteroatoms. The van der Waals surface area contributed by atoms with Crippen molar-refractivity contribution in [3.8, 4) is 0 Å². The lowest BCUT2D eigenvalue weighted by Crippen LogP contribution is -2.07. The molecule has 96 valence electrons. The van der Waals surface area contributed by atoms with Crippen molar-refractivity contribution < 1.29 is 9.53 Å². The van der Waals surface area contributed by atoms with Crippen LogP contribution in [0.25, 0.3) is 6.08 Å². The van der Waals surface area contributed by atoms with Crippen molar-refractivity contribution >= 4 is 12.0 Å². The Hall–Kier alpha value is -2.35. The lowest BCUT2D eigenvalue weighted by Gasteiger charge is -2.09. The van der Waals surface area contributed by atoms with Gasteiger partial charge < -0.3 is 4.74 Å². The summed E-state index contributed by atoms with van der Waals surface area (Å²) in [7, 11) is 0. The molecular weight excluding hydrogens is 236 g/mol. The Balaban J connectivity index is 2.13. The quantitative estimate of drug-likeness (QED) is 0.769. The molecule has 0 saturated heterocycles. The first-order chi connectivity index (χ1) is 9.22. The molecule has 0 heterocycles. The molecule has 0 unspecified atom stereocenters. The Labute approximate surface area is 113 Å². The largest absolute Gasteiger partial charge is 0.457 e. The second-order valence-electron chi connectivity index (χ2n) is 4.30. The molecule has 0 fully saturated rings. The van der Waals surface area contributed by atoms with Crippen LogP contribution < -0.4 is 0 Å². The second-order valence-corrected chi connectivity index (χ2v) is 4.30. The Morgan fingerprint density at radius 2 is 1.89 bits per heavy atom.